The first-order valence-electron chi connectivity index (χ1n) is 8.99. The van der Waals surface area contributed by atoms with Crippen LogP contribution < -0.4 is 4.74 Å². The van der Waals surface area contributed by atoms with Gasteiger partial charge in [0.25, 0.3) is 11.1 Å². The van der Waals surface area contributed by atoms with E-state index in [1.807, 2.05) is 6.92 Å². The summed E-state index contributed by atoms with van der Waals surface area (Å²) in [5.74, 6) is -1.06. The molecule has 0 radical (unpaired) electrons. The molecule has 1 N–H and O–H groups in total. The molecule has 6 nitrogen and oxygen atoms in total. The van der Waals surface area contributed by atoms with Crippen molar-refractivity contribution >= 4 is 58.2 Å². The van der Waals surface area contributed by atoms with Crippen LogP contribution >= 0.6 is 35.0 Å². The molecule has 0 aliphatic carbocycles. The van der Waals surface area contributed by atoms with Gasteiger partial charge in [-0.3, -0.25) is 14.5 Å². The molecular weight excluding hydrogens is 449 g/mol. The fraction of sp³-hybridized carbons (Fsp3) is 0.190. The minimum Gasteiger partial charge on any atom is -0.486 e. The van der Waals surface area contributed by atoms with Crippen LogP contribution in [0.4, 0.5) is 4.79 Å². The van der Waals surface area contributed by atoms with Crippen molar-refractivity contribution in [3.63, 3.8) is 0 Å². The lowest BCUT2D eigenvalue weighted by molar-refractivity contribution is -0.122. The van der Waals surface area contributed by atoms with Gasteiger partial charge in [0, 0.05) is 6.54 Å². The Morgan fingerprint density at radius 3 is 2.37 bits per heavy atom. The largest absolute Gasteiger partial charge is 0.486 e. The predicted molar refractivity (Wildman–Crippen MR) is 117 cm³/mol. The van der Waals surface area contributed by atoms with Crippen LogP contribution in [0.15, 0.2) is 41.3 Å². The molecule has 2 amide bonds. The van der Waals surface area contributed by atoms with Crippen LogP contribution in [0.5, 0.6) is 5.75 Å². The maximum Gasteiger partial charge on any atom is 0.335 e. The fourth-order valence-corrected chi connectivity index (χ4v) is 4.25. The van der Waals surface area contributed by atoms with Gasteiger partial charge < -0.3 is 9.84 Å². The first kappa shape index (κ1) is 22.2. The predicted octanol–water partition coefficient (Wildman–Crippen LogP) is 5.72. The summed E-state index contributed by atoms with van der Waals surface area (Å²) in [6, 6.07) is 9.46. The summed E-state index contributed by atoms with van der Waals surface area (Å²) in [6.07, 6.45) is 2.26. The van der Waals surface area contributed by atoms with Crippen LogP contribution in [0.2, 0.25) is 10.0 Å². The summed E-state index contributed by atoms with van der Waals surface area (Å²) >= 11 is 13.5. The molecule has 2 aromatic rings. The van der Waals surface area contributed by atoms with Gasteiger partial charge in [0.05, 0.1) is 20.5 Å². The van der Waals surface area contributed by atoms with Gasteiger partial charge in [0.2, 0.25) is 0 Å². The molecule has 0 saturated carbocycles. The van der Waals surface area contributed by atoms with Crippen LogP contribution in [0.3, 0.4) is 0 Å². The van der Waals surface area contributed by atoms with Gasteiger partial charge in [-0.05, 0) is 59.7 Å². The number of imide groups is 1. The SMILES string of the molecule is CCCN1C(=O)S/C(=C/c2cc(Cl)c(OCc3ccc(C(=O)O)cc3)c(Cl)c2)C1=O. The lowest BCUT2D eigenvalue weighted by Gasteiger charge is -2.11. The van der Waals surface area contributed by atoms with E-state index >= 15 is 0 Å². The van der Waals surface area contributed by atoms with Crippen LogP contribution in [-0.4, -0.2) is 33.7 Å². The minimum atomic E-state index is -1.00. The van der Waals surface area contributed by atoms with E-state index in [4.69, 9.17) is 33.0 Å². The number of nitrogens with zero attached hydrogens (tertiary/aromatic N) is 1. The molecule has 0 atom stereocenters. The number of hydrogen-bond acceptors (Lipinski definition) is 5. The standard InChI is InChI=1S/C21H17Cl2NO5S/c1-2-7-24-19(25)17(30-21(24)28)10-13-8-15(22)18(16(23)9-13)29-11-12-3-5-14(6-4-12)20(26)27/h3-6,8-10H,2,7,11H2,1H3,(H,26,27)/b17-10+. The van der Waals surface area contributed by atoms with Gasteiger partial charge in [0.1, 0.15) is 6.61 Å². The van der Waals surface area contributed by atoms with E-state index in [2.05, 4.69) is 0 Å². The van der Waals surface area contributed by atoms with Crippen molar-refractivity contribution in [2.75, 3.05) is 6.54 Å². The number of carboxylic acids is 1. The van der Waals surface area contributed by atoms with Crippen LogP contribution in [0.1, 0.15) is 34.8 Å². The number of hydrogen-bond donors (Lipinski definition) is 1. The number of ether oxygens (including phenoxy) is 1. The van der Waals surface area contributed by atoms with Crippen molar-refractivity contribution in [1.29, 1.82) is 0 Å². The summed E-state index contributed by atoms with van der Waals surface area (Å²) in [4.78, 5) is 36.8. The van der Waals surface area contributed by atoms with Crippen molar-refractivity contribution in [2.24, 2.45) is 0 Å². The number of thioether (sulfide) groups is 1. The Kier molecular flexibility index (Phi) is 7.07. The highest BCUT2D eigenvalue weighted by Gasteiger charge is 2.34. The van der Waals surface area contributed by atoms with E-state index in [0.29, 0.717) is 23.4 Å². The molecule has 0 bridgehead atoms. The van der Waals surface area contributed by atoms with E-state index in [1.54, 1.807) is 30.3 Å². The summed E-state index contributed by atoms with van der Waals surface area (Å²) in [7, 11) is 0. The molecule has 1 aliphatic heterocycles. The fourth-order valence-electron chi connectivity index (χ4n) is 2.77. The second-order valence-electron chi connectivity index (χ2n) is 6.44. The van der Waals surface area contributed by atoms with Gasteiger partial charge in [-0.2, -0.15) is 0 Å². The maximum atomic E-state index is 12.4. The zero-order chi connectivity index (χ0) is 21.8. The van der Waals surface area contributed by atoms with E-state index in [0.717, 1.165) is 17.3 Å². The normalized spacial score (nSPS) is 15.2. The van der Waals surface area contributed by atoms with Crippen LogP contribution in [0.25, 0.3) is 6.08 Å². The number of rotatable bonds is 7. The smallest absolute Gasteiger partial charge is 0.335 e. The highest BCUT2D eigenvalue weighted by atomic mass is 35.5. The van der Waals surface area contributed by atoms with Crippen molar-refractivity contribution in [1.82, 2.24) is 4.90 Å². The molecule has 30 heavy (non-hydrogen) atoms. The van der Waals surface area contributed by atoms with Crippen molar-refractivity contribution in [2.45, 2.75) is 20.0 Å². The highest BCUT2D eigenvalue weighted by molar-refractivity contribution is 8.18. The quantitative estimate of drug-likeness (QED) is 0.526. The summed E-state index contributed by atoms with van der Waals surface area (Å²) in [5, 5.41) is 9.16. The van der Waals surface area contributed by atoms with Gasteiger partial charge in [-0.25, -0.2) is 4.79 Å². The number of carboxylic acid groups (broad SMARTS) is 1. The lowest BCUT2D eigenvalue weighted by Crippen LogP contribution is -2.28. The number of aromatic carboxylic acids is 1. The third-order valence-corrected chi connectivity index (χ3v) is 5.69. The molecule has 1 fully saturated rings. The maximum absolute atomic E-state index is 12.4. The zero-order valence-corrected chi connectivity index (χ0v) is 18.2. The van der Waals surface area contributed by atoms with Crippen LogP contribution in [0, 0.1) is 0 Å². The van der Waals surface area contributed by atoms with E-state index in [9.17, 15) is 14.4 Å². The number of carbonyl (C=O) groups excluding carboxylic acids is 2. The molecule has 0 aromatic heterocycles. The molecule has 1 aliphatic rings. The second-order valence-corrected chi connectivity index (χ2v) is 8.25. The van der Waals surface area contributed by atoms with E-state index < -0.39 is 5.97 Å². The lowest BCUT2D eigenvalue weighted by atomic mass is 10.1. The first-order valence-corrected chi connectivity index (χ1v) is 10.6. The van der Waals surface area contributed by atoms with Gasteiger partial charge in [0.15, 0.2) is 5.75 Å². The second kappa shape index (κ2) is 9.55. The van der Waals surface area contributed by atoms with E-state index in [-0.39, 0.29) is 39.1 Å². The molecule has 2 aromatic carbocycles. The average molecular weight is 466 g/mol. The minimum absolute atomic E-state index is 0.147. The van der Waals surface area contributed by atoms with E-state index in [1.165, 1.54) is 17.0 Å². The van der Waals surface area contributed by atoms with Crippen molar-refractivity contribution in [3.8, 4) is 5.75 Å². The Labute approximate surface area is 187 Å². The topological polar surface area (TPSA) is 83.9 Å². The Balaban J connectivity index is 1.75. The monoisotopic (exact) mass is 465 g/mol. The number of benzene rings is 2. The third kappa shape index (κ3) is 4.98. The Morgan fingerprint density at radius 1 is 1.17 bits per heavy atom. The summed E-state index contributed by atoms with van der Waals surface area (Å²) in [6.45, 7) is 2.42. The Hall–Kier alpha value is -2.48. The Morgan fingerprint density at radius 2 is 1.80 bits per heavy atom. The molecule has 0 spiro atoms. The van der Waals surface area contributed by atoms with Crippen molar-refractivity contribution < 1.29 is 24.2 Å². The average Bonchev–Trinajstić information content (AvgIpc) is 2.95. The zero-order valence-electron chi connectivity index (χ0n) is 15.9. The van der Waals surface area contributed by atoms with Gasteiger partial charge in [-0.1, -0.05) is 42.3 Å². The third-order valence-electron chi connectivity index (χ3n) is 4.22. The molecule has 9 heteroatoms. The number of halogens is 2. The molecule has 156 valence electrons. The summed E-state index contributed by atoms with van der Waals surface area (Å²) < 4.78 is 5.70. The highest BCUT2D eigenvalue weighted by Crippen LogP contribution is 2.37. The number of amides is 2. The first-order chi connectivity index (χ1) is 14.3. The molecule has 0 unspecified atom stereocenters. The van der Waals surface area contributed by atoms with Crippen LogP contribution in [-0.2, 0) is 11.4 Å². The molecule has 1 saturated heterocycles. The van der Waals surface area contributed by atoms with Crippen molar-refractivity contribution in [3.05, 3.63) is 68.0 Å². The Bertz CT molecular complexity index is 1010. The number of carbonyl (C=O) groups is 3. The van der Waals surface area contributed by atoms with Gasteiger partial charge >= 0.3 is 5.97 Å². The molecular formula is C21H17Cl2NO5S. The molecule has 1 heterocycles. The summed E-state index contributed by atoms with van der Waals surface area (Å²) in [5.41, 5.74) is 1.51. The molecule has 3 rings (SSSR count). The van der Waals surface area contributed by atoms with Gasteiger partial charge in [-0.15, -0.1) is 0 Å².